The van der Waals surface area contributed by atoms with Gasteiger partial charge in [-0.25, -0.2) is 17.6 Å². The van der Waals surface area contributed by atoms with Crippen LogP contribution in [0.4, 0.5) is 9.18 Å². The van der Waals surface area contributed by atoms with Gasteiger partial charge in [-0.1, -0.05) is 48.5 Å². The predicted octanol–water partition coefficient (Wildman–Crippen LogP) is 6.98. The fourth-order valence-electron chi connectivity index (χ4n) is 5.07. The highest BCUT2D eigenvalue weighted by molar-refractivity contribution is 7.89. The number of ether oxygens (including phenoxy) is 2. The van der Waals surface area contributed by atoms with Crippen LogP contribution in [-0.2, 0) is 22.1 Å². The van der Waals surface area contributed by atoms with E-state index >= 15 is 0 Å². The zero-order chi connectivity index (χ0) is 28.4. The molecule has 7 nitrogen and oxygen atoms in total. The Bertz CT molecular complexity index is 1840. The highest BCUT2D eigenvalue weighted by Gasteiger charge is 2.19. The van der Waals surface area contributed by atoms with Crippen LogP contribution in [0.1, 0.15) is 17.5 Å². The molecule has 0 fully saturated rings. The molecule has 0 amide bonds. The lowest BCUT2D eigenvalue weighted by molar-refractivity contribution is 0.140. The first kappa shape index (κ1) is 27.2. The van der Waals surface area contributed by atoms with Crippen LogP contribution in [0.15, 0.2) is 78.9 Å². The third-order valence-corrected chi connectivity index (χ3v) is 7.66. The number of aromatic nitrogens is 1. The number of rotatable bonds is 9. The Morgan fingerprint density at radius 2 is 1.70 bits per heavy atom. The zero-order valence-electron chi connectivity index (χ0n) is 22.1. The number of sulfone groups is 1. The van der Waals surface area contributed by atoms with Crippen molar-refractivity contribution in [1.29, 1.82) is 0 Å². The maximum atomic E-state index is 14.7. The summed E-state index contributed by atoms with van der Waals surface area (Å²) in [5.74, 6) is 0.0602. The summed E-state index contributed by atoms with van der Waals surface area (Å²) in [6, 6.07) is 23.5. The monoisotopic (exact) mass is 561 g/mol. The van der Waals surface area contributed by atoms with E-state index in [0.29, 0.717) is 52.7 Å². The van der Waals surface area contributed by atoms with Gasteiger partial charge in [0.15, 0.2) is 9.84 Å². The van der Waals surface area contributed by atoms with Crippen molar-refractivity contribution in [3.63, 3.8) is 0 Å². The summed E-state index contributed by atoms with van der Waals surface area (Å²) < 4.78 is 51.5. The molecule has 5 aromatic rings. The standard InChI is InChI=1S/C31H28FNO6S/c1-20-22(19-40(2,36)37)16-23(32)17-26(20)25-11-6-12-28-27(25)18-30(39-31(34)35)33(28)14-7-15-38-29-13-5-9-21-8-3-4-10-24(21)29/h3-6,8-13,16-18H,7,14-15,19H2,1-2H3,(H,34,35). The number of hydrogen-bond donors (Lipinski definition) is 1. The van der Waals surface area contributed by atoms with Crippen molar-refractivity contribution in [2.75, 3.05) is 12.9 Å². The summed E-state index contributed by atoms with van der Waals surface area (Å²) in [6.45, 7) is 2.55. The van der Waals surface area contributed by atoms with Crippen molar-refractivity contribution in [3.8, 4) is 22.8 Å². The SMILES string of the molecule is Cc1c(CS(C)(=O)=O)cc(F)cc1-c1cccc2c1cc(OC(=O)O)n2CCCOc1cccc2ccccc12. The fourth-order valence-corrected chi connectivity index (χ4v) is 5.94. The van der Waals surface area contributed by atoms with Crippen molar-refractivity contribution >= 4 is 37.7 Å². The zero-order valence-corrected chi connectivity index (χ0v) is 22.9. The van der Waals surface area contributed by atoms with Gasteiger partial charge in [-0.2, -0.15) is 0 Å². The summed E-state index contributed by atoms with van der Waals surface area (Å²) >= 11 is 0. The number of nitrogens with zero attached hydrogens (tertiary/aromatic N) is 1. The van der Waals surface area contributed by atoms with E-state index in [1.165, 1.54) is 12.1 Å². The minimum Gasteiger partial charge on any atom is -0.493 e. The highest BCUT2D eigenvalue weighted by Crippen LogP contribution is 2.37. The van der Waals surface area contributed by atoms with Crippen LogP contribution in [0.5, 0.6) is 11.6 Å². The molecule has 1 heterocycles. The van der Waals surface area contributed by atoms with Gasteiger partial charge < -0.3 is 19.1 Å². The van der Waals surface area contributed by atoms with E-state index < -0.39 is 21.8 Å². The minimum atomic E-state index is -3.39. The summed E-state index contributed by atoms with van der Waals surface area (Å²) in [5, 5.41) is 12.1. The topological polar surface area (TPSA) is 94.8 Å². The van der Waals surface area contributed by atoms with E-state index in [-0.39, 0.29) is 11.6 Å². The Balaban J connectivity index is 1.48. The maximum absolute atomic E-state index is 14.7. The highest BCUT2D eigenvalue weighted by atomic mass is 32.2. The number of halogens is 1. The molecule has 206 valence electrons. The first-order chi connectivity index (χ1) is 19.1. The van der Waals surface area contributed by atoms with E-state index in [1.54, 1.807) is 29.7 Å². The molecule has 40 heavy (non-hydrogen) atoms. The number of fused-ring (bicyclic) bond motifs is 2. The third kappa shape index (κ3) is 5.79. The molecular formula is C31H28FNO6S. The predicted molar refractivity (Wildman–Crippen MR) is 153 cm³/mol. The van der Waals surface area contributed by atoms with Gasteiger partial charge in [-0.05, 0) is 65.3 Å². The van der Waals surface area contributed by atoms with Gasteiger partial charge >= 0.3 is 6.16 Å². The minimum absolute atomic E-state index is 0.130. The Kier molecular flexibility index (Phi) is 7.49. The van der Waals surface area contributed by atoms with E-state index in [2.05, 4.69) is 0 Å². The second-order valence-electron chi connectivity index (χ2n) is 9.73. The van der Waals surface area contributed by atoms with Gasteiger partial charge in [0.05, 0.1) is 17.9 Å². The summed E-state index contributed by atoms with van der Waals surface area (Å²) in [5.41, 5.74) is 2.89. The number of carbonyl (C=O) groups is 1. The molecule has 0 saturated heterocycles. The second-order valence-corrected chi connectivity index (χ2v) is 11.9. The van der Waals surface area contributed by atoms with Gasteiger partial charge in [0, 0.05) is 29.6 Å². The number of aryl methyl sites for hydroxylation is 1. The van der Waals surface area contributed by atoms with Gasteiger partial charge in [-0.3, -0.25) is 0 Å². The van der Waals surface area contributed by atoms with Crippen LogP contribution in [0.3, 0.4) is 0 Å². The van der Waals surface area contributed by atoms with Gasteiger partial charge in [0.1, 0.15) is 11.6 Å². The average molecular weight is 562 g/mol. The van der Waals surface area contributed by atoms with E-state index in [0.717, 1.165) is 22.8 Å². The van der Waals surface area contributed by atoms with E-state index in [1.807, 2.05) is 48.5 Å². The van der Waals surface area contributed by atoms with Crippen LogP contribution in [0.2, 0.25) is 0 Å². The summed E-state index contributed by atoms with van der Waals surface area (Å²) in [6.07, 6.45) is 0.220. The largest absolute Gasteiger partial charge is 0.512 e. The molecule has 1 N–H and O–H groups in total. The molecule has 1 aromatic heterocycles. The van der Waals surface area contributed by atoms with Crippen LogP contribution in [0.25, 0.3) is 32.8 Å². The molecule has 0 aliphatic heterocycles. The normalized spacial score (nSPS) is 11.7. The van der Waals surface area contributed by atoms with Crippen molar-refractivity contribution in [3.05, 3.63) is 95.8 Å². The molecule has 5 rings (SSSR count). The van der Waals surface area contributed by atoms with Crippen molar-refractivity contribution in [1.82, 2.24) is 4.57 Å². The van der Waals surface area contributed by atoms with Crippen molar-refractivity contribution in [2.45, 2.75) is 25.6 Å². The Hall–Kier alpha value is -4.37. The molecule has 0 aliphatic carbocycles. The fraction of sp³-hybridized carbons (Fsp3) is 0.194. The van der Waals surface area contributed by atoms with Gasteiger partial charge in [0.2, 0.25) is 5.88 Å². The third-order valence-electron chi connectivity index (χ3n) is 6.82. The molecule has 9 heteroatoms. The molecule has 0 radical (unpaired) electrons. The van der Waals surface area contributed by atoms with Crippen LogP contribution in [-0.4, -0.2) is 37.1 Å². The number of benzene rings is 4. The maximum Gasteiger partial charge on any atom is 0.512 e. The molecule has 0 bridgehead atoms. The van der Waals surface area contributed by atoms with Gasteiger partial charge in [0.25, 0.3) is 0 Å². The van der Waals surface area contributed by atoms with E-state index in [4.69, 9.17) is 9.47 Å². The molecule has 0 aliphatic rings. The average Bonchev–Trinajstić information content (AvgIpc) is 3.24. The number of hydrogen-bond acceptors (Lipinski definition) is 5. The van der Waals surface area contributed by atoms with Gasteiger partial charge in [-0.15, -0.1) is 0 Å². The smallest absolute Gasteiger partial charge is 0.493 e. The molecular weight excluding hydrogens is 533 g/mol. The summed E-state index contributed by atoms with van der Waals surface area (Å²) in [4.78, 5) is 11.5. The molecule has 0 atom stereocenters. The van der Waals surface area contributed by atoms with Crippen LogP contribution in [0, 0.1) is 12.7 Å². The second kappa shape index (κ2) is 11.0. The quantitative estimate of drug-likeness (QED) is 0.154. The lowest BCUT2D eigenvalue weighted by Gasteiger charge is -2.14. The van der Waals surface area contributed by atoms with Crippen molar-refractivity contribution in [2.24, 2.45) is 0 Å². The lowest BCUT2D eigenvalue weighted by Crippen LogP contribution is -2.10. The van der Waals surface area contributed by atoms with Crippen molar-refractivity contribution < 1.29 is 32.2 Å². The summed E-state index contributed by atoms with van der Waals surface area (Å²) in [7, 11) is -3.39. The lowest BCUT2D eigenvalue weighted by atomic mass is 9.94. The molecule has 4 aromatic carbocycles. The van der Waals surface area contributed by atoms with E-state index in [9.17, 15) is 22.7 Å². The number of carboxylic acid groups (broad SMARTS) is 1. The van der Waals surface area contributed by atoms with Crippen LogP contribution >= 0.6 is 0 Å². The molecule has 0 unspecified atom stereocenters. The first-order valence-electron chi connectivity index (χ1n) is 12.7. The Morgan fingerprint density at radius 1 is 0.950 bits per heavy atom. The first-order valence-corrected chi connectivity index (χ1v) is 14.8. The Labute approximate surface area is 231 Å². The Morgan fingerprint density at radius 3 is 2.48 bits per heavy atom. The molecule has 0 spiro atoms. The molecule has 0 saturated carbocycles. The van der Waals surface area contributed by atoms with Crippen LogP contribution < -0.4 is 9.47 Å².